The molecule has 178 valence electrons. The van der Waals surface area contributed by atoms with Gasteiger partial charge in [-0.15, -0.1) is 0 Å². The fourth-order valence-electron chi connectivity index (χ4n) is 9.83. The molecule has 5 aliphatic heterocycles. The lowest BCUT2D eigenvalue weighted by Crippen LogP contribution is -3.00. The van der Waals surface area contributed by atoms with Gasteiger partial charge >= 0.3 is 0 Å². The van der Waals surface area contributed by atoms with E-state index in [1.165, 1.54) is 49.8 Å². The van der Waals surface area contributed by atoms with Crippen molar-refractivity contribution in [2.75, 3.05) is 18.5 Å². The molecule has 0 amide bonds. The Bertz CT molecular complexity index is 866. The zero-order chi connectivity index (χ0) is 21.5. The molecule has 5 heterocycles. The lowest BCUT2D eigenvalue weighted by atomic mass is 9.60. The Morgan fingerprint density at radius 1 is 1.06 bits per heavy atom. The molecule has 1 aliphatic carbocycles. The quantitative estimate of drug-likeness (QED) is 0.302. The van der Waals surface area contributed by atoms with E-state index in [9.17, 15) is 10.2 Å². The van der Waals surface area contributed by atoms with Gasteiger partial charge in [-0.2, -0.15) is 0 Å². The van der Waals surface area contributed by atoms with E-state index in [4.69, 9.17) is 0 Å². The van der Waals surface area contributed by atoms with E-state index in [2.05, 4.69) is 50.1 Å². The highest BCUT2D eigenvalue weighted by Crippen LogP contribution is 2.71. The molecule has 0 aromatic heterocycles. The van der Waals surface area contributed by atoms with E-state index in [0.717, 1.165) is 23.9 Å². The van der Waals surface area contributed by atoms with Gasteiger partial charge in [0.1, 0.15) is 6.04 Å². The van der Waals surface area contributed by atoms with Gasteiger partial charge in [-0.05, 0) is 36.8 Å². The Morgan fingerprint density at radius 2 is 1.81 bits per heavy atom. The fraction of sp³-hybridized carbons (Fsp3) is 0.778. The van der Waals surface area contributed by atoms with E-state index in [1.54, 1.807) is 0 Å². The topological polar surface area (TPSA) is 43.7 Å². The first-order chi connectivity index (χ1) is 15.0. The number of aliphatic hydroxyl groups is 2. The zero-order valence-corrected chi connectivity index (χ0v) is 22.1. The standard InChI is InChI=1S/C27H41N2O2.HI/c1-4-6-7-8-11-14-29-21-15-18(17(5-2)26(29)31)23-22(29)16-27(25(23)30)19-12-9-10-13-20(19)28(3)24(21)27;/h9-10,12-13,17-18,21-26,30-31H,4-8,11,14-16H2,1-3H3;1H/q+1;/p-1/t17-,18+,21?,22-,23?,24-,25-,26+,27+,29?;/m0./s1. The van der Waals surface area contributed by atoms with Crippen LogP contribution < -0.4 is 28.9 Å². The van der Waals surface area contributed by atoms with Gasteiger partial charge in [0.2, 0.25) is 0 Å². The van der Waals surface area contributed by atoms with E-state index >= 15 is 0 Å². The van der Waals surface area contributed by atoms with Crippen molar-refractivity contribution in [1.82, 2.24) is 0 Å². The third-order valence-electron chi connectivity index (χ3n) is 10.8. The summed E-state index contributed by atoms with van der Waals surface area (Å²) in [5, 5.41) is 24.0. The molecule has 6 aliphatic rings. The van der Waals surface area contributed by atoms with Gasteiger partial charge < -0.3 is 39.1 Å². The Morgan fingerprint density at radius 3 is 2.56 bits per heavy atom. The summed E-state index contributed by atoms with van der Waals surface area (Å²) < 4.78 is 0.896. The van der Waals surface area contributed by atoms with Gasteiger partial charge in [0.05, 0.1) is 30.1 Å². The van der Waals surface area contributed by atoms with Crippen LogP contribution in [-0.4, -0.2) is 58.7 Å². The highest BCUT2D eigenvalue weighted by molar-refractivity contribution is 5.66. The van der Waals surface area contributed by atoms with Crippen LogP contribution in [-0.2, 0) is 5.41 Å². The number of anilines is 1. The average Bonchev–Trinajstić information content (AvgIpc) is 3.16. The van der Waals surface area contributed by atoms with E-state index in [-0.39, 0.29) is 41.7 Å². The number of aliphatic hydroxyl groups excluding tert-OH is 2. The summed E-state index contributed by atoms with van der Waals surface area (Å²) >= 11 is 0. The Labute approximate surface area is 211 Å². The smallest absolute Gasteiger partial charge is 0.194 e. The number of quaternary nitrogens is 1. The van der Waals surface area contributed by atoms with Crippen molar-refractivity contribution < 1.29 is 38.7 Å². The number of likely N-dealkylation sites (N-methyl/N-ethyl adjacent to an activating group) is 1. The molecule has 5 bridgehead atoms. The first kappa shape index (κ1) is 23.4. The third-order valence-corrected chi connectivity index (χ3v) is 10.8. The molecule has 1 aromatic carbocycles. The number of piperidine rings is 4. The second kappa shape index (κ2) is 8.10. The summed E-state index contributed by atoms with van der Waals surface area (Å²) in [7, 11) is 2.26. The van der Waals surface area contributed by atoms with Crippen molar-refractivity contribution >= 4 is 5.69 Å². The number of nitrogens with zero attached hydrogens (tertiary/aromatic N) is 2. The molecule has 32 heavy (non-hydrogen) atoms. The summed E-state index contributed by atoms with van der Waals surface area (Å²) in [6, 6.07) is 10.0. The number of halogens is 1. The summed E-state index contributed by atoms with van der Waals surface area (Å²) in [4.78, 5) is 2.51. The third kappa shape index (κ3) is 2.55. The molecule has 0 radical (unpaired) electrons. The van der Waals surface area contributed by atoms with Crippen LogP contribution in [0.4, 0.5) is 5.69 Å². The molecular weight excluding hydrogens is 511 g/mol. The van der Waals surface area contributed by atoms with Crippen LogP contribution >= 0.6 is 0 Å². The molecule has 5 fully saturated rings. The molecule has 4 nitrogen and oxygen atoms in total. The van der Waals surface area contributed by atoms with Crippen molar-refractivity contribution in [1.29, 1.82) is 0 Å². The number of hydrogen-bond acceptors (Lipinski definition) is 3. The predicted octanol–water partition coefficient (Wildman–Crippen LogP) is 1.04. The van der Waals surface area contributed by atoms with Gasteiger partial charge in [0.15, 0.2) is 6.23 Å². The molecule has 10 atom stereocenters. The SMILES string of the molecule is CCCCCCC[N+]12C3C[C@@H](C4[C@H](O)[C@]5(C[C@@H]41)c1ccccc1N(C)[C@@H]35)[C@H](CC)[C@H]2O.[I-]. The Kier molecular flexibility index (Phi) is 5.91. The van der Waals surface area contributed by atoms with Gasteiger partial charge in [0, 0.05) is 37.4 Å². The highest BCUT2D eigenvalue weighted by Gasteiger charge is 2.82. The van der Waals surface area contributed by atoms with Gasteiger partial charge in [-0.25, -0.2) is 0 Å². The van der Waals surface area contributed by atoms with E-state index in [1.807, 2.05) is 0 Å². The molecule has 4 saturated heterocycles. The highest BCUT2D eigenvalue weighted by atomic mass is 127. The van der Waals surface area contributed by atoms with Crippen molar-refractivity contribution in [2.24, 2.45) is 17.8 Å². The lowest BCUT2D eigenvalue weighted by molar-refractivity contribution is -1.04. The minimum absolute atomic E-state index is 0. The van der Waals surface area contributed by atoms with E-state index in [0.29, 0.717) is 35.9 Å². The number of benzene rings is 1. The molecule has 2 N–H and O–H groups in total. The summed E-state index contributed by atoms with van der Waals surface area (Å²) in [5.74, 6) is 1.18. The first-order valence-corrected chi connectivity index (χ1v) is 13.1. The summed E-state index contributed by atoms with van der Waals surface area (Å²) in [5.41, 5.74) is 2.57. The Balaban J connectivity index is 0.00000216. The maximum Gasteiger partial charge on any atom is 0.194 e. The lowest BCUT2D eigenvalue weighted by Gasteiger charge is -2.68. The van der Waals surface area contributed by atoms with Crippen molar-refractivity contribution in [3.8, 4) is 0 Å². The zero-order valence-electron chi connectivity index (χ0n) is 20.0. The van der Waals surface area contributed by atoms with Crippen molar-refractivity contribution in [3.05, 3.63) is 29.8 Å². The summed E-state index contributed by atoms with van der Waals surface area (Å²) in [6.07, 6.45) is 9.15. The molecule has 1 spiro atoms. The molecule has 7 rings (SSSR count). The minimum atomic E-state index is -0.273. The molecular formula is C27H41IN2O2. The molecule has 3 unspecified atom stereocenters. The monoisotopic (exact) mass is 552 g/mol. The van der Waals surface area contributed by atoms with Crippen LogP contribution in [0.5, 0.6) is 0 Å². The molecule has 1 saturated carbocycles. The summed E-state index contributed by atoms with van der Waals surface area (Å²) in [6.45, 7) is 5.64. The normalized spacial score (nSPS) is 46.8. The number of para-hydroxylation sites is 1. The Hall–Kier alpha value is -0.370. The van der Waals surface area contributed by atoms with Crippen molar-refractivity contribution in [3.63, 3.8) is 0 Å². The van der Waals surface area contributed by atoms with Gasteiger partial charge in [0.25, 0.3) is 0 Å². The van der Waals surface area contributed by atoms with Crippen LogP contribution in [0.1, 0.15) is 70.8 Å². The minimum Gasteiger partial charge on any atom is -1.00 e. The van der Waals surface area contributed by atoms with Crippen LogP contribution in [0.2, 0.25) is 0 Å². The average molecular weight is 553 g/mol. The van der Waals surface area contributed by atoms with Crippen LogP contribution in [0.3, 0.4) is 0 Å². The van der Waals surface area contributed by atoms with Crippen LogP contribution in [0.15, 0.2) is 24.3 Å². The largest absolute Gasteiger partial charge is 1.00 e. The van der Waals surface area contributed by atoms with Crippen LogP contribution in [0.25, 0.3) is 0 Å². The first-order valence-electron chi connectivity index (χ1n) is 13.1. The van der Waals surface area contributed by atoms with Gasteiger partial charge in [-0.3, -0.25) is 4.48 Å². The number of hydrogen-bond donors (Lipinski definition) is 2. The predicted molar refractivity (Wildman–Crippen MR) is 124 cm³/mol. The maximum atomic E-state index is 12.1. The molecule has 5 heteroatoms. The van der Waals surface area contributed by atoms with Crippen molar-refractivity contribution in [2.45, 2.75) is 101 Å². The fourth-order valence-corrected chi connectivity index (χ4v) is 9.83. The van der Waals surface area contributed by atoms with Gasteiger partial charge in [-0.1, -0.05) is 51.3 Å². The van der Waals surface area contributed by atoms with E-state index < -0.39 is 0 Å². The second-order valence-electron chi connectivity index (χ2n) is 11.5. The van der Waals surface area contributed by atoms with Crippen LogP contribution in [0, 0.1) is 17.8 Å². The number of unbranched alkanes of at least 4 members (excludes halogenated alkanes) is 4. The molecule has 1 aromatic rings. The maximum absolute atomic E-state index is 12.1. The second-order valence-corrected chi connectivity index (χ2v) is 11.5. The number of fused-ring (bicyclic) bond motifs is 2. The number of rotatable bonds is 7.